The van der Waals surface area contributed by atoms with E-state index < -0.39 is 18.0 Å². The van der Waals surface area contributed by atoms with E-state index in [2.05, 4.69) is 5.32 Å². The number of hydrogen-bond donors (Lipinski definition) is 2. The van der Waals surface area contributed by atoms with Crippen molar-refractivity contribution in [1.29, 1.82) is 0 Å². The molecule has 38 heavy (non-hydrogen) atoms. The van der Waals surface area contributed by atoms with Crippen molar-refractivity contribution in [3.8, 4) is 5.75 Å². The molecule has 1 aliphatic heterocycles. The Bertz CT molecular complexity index is 1340. The van der Waals surface area contributed by atoms with Gasteiger partial charge in [-0.15, -0.1) is 0 Å². The lowest BCUT2D eigenvalue weighted by Crippen LogP contribution is -2.31. The van der Waals surface area contributed by atoms with Crippen LogP contribution in [0.1, 0.15) is 46.8 Å². The van der Waals surface area contributed by atoms with Gasteiger partial charge in [-0.3, -0.25) is 9.69 Å². The number of ether oxygens (including phenoxy) is 2. The first-order chi connectivity index (χ1) is 18.3. The molecule has 0 unspecified atom stereocenters. The molecule has 0 saturated carbocycles. The van der Waals surface area contributed by atoms with Crippen LogP contribution in [0.3, 0.4) is 0 Å². The lowest BCUT2D eigenvalue weighted by atomic mass is 9.93. The number of nitrogens with one attached hydrogen (secondary N) is 1. The Morgan fingerprint density at radius 3 is 2.21 bits per heavy atom. The van der Waals surface area contributed by atoms with Gasteiger partial charge in [-0.25, -0.2) is 9.59 Å². The highest BCUT2D eigenvalue weighted by atomic mass is 16.5. The van der Waals surface area contributed by atoms with Crippen molar-refractivity contribution in [3.63, 3.8) is 0 Å². The van der Waals surface area contributed by atoms with Crippen molar-refractivity contribution in [3.05, 3.63) is 94.6 Å². The van der Waals surface area contributed by atoms with Gasteiger partial charge in [0.05, 0.1) is 29.7 Å². The molecule has 196 valence electrons. The van der Waals surface area contributed by atoms with E-state index >= 15 is 0 Å². The number of anilines is 3. The molecule has 4 rings (SSSR count). The summed E-state index contributed by atoms with van der Waals surface area (Å²) in [5.74, 6) is -0.852. The molecule has 0 radical (unpaired) electrons. The van der Waals surface area contributed by atoms with E-state index in [9.17, 15) is 14.4 Å². The maximum atomic E-state index is 13.9. The average Bonchev–Trinajstić information content (AvgIpc) is 3.31. The minimum Gasteiger partial charge on any atom is -0.496 e. The summed E-state index contributed by atoms with van der Waals surface area (Å²) < 4.78 is 11.1. The Morgan fingerprint density at radius 1 is 1.05 bits per heavy atom. The number of benzene rings is 3. The second-order valence-corrected chi connectivity index (χ2v) is 9.03. The first-order valence-corrected chi connectivity index (χ1v) is 12.3. The number of amides is 2. The fourth-order valence-corrected chi connectivity index (χ4v) is 4.62. The number of cyclic esters (lactones) is 1. The zero-order chi connectivity index (χ0) is 27.2. The molecule has 0 atom stereocenters. The van der Waals surface area contributed by atoms with Gasteiger partial charge < -0.3 is 19.9 Å². The summed E-state index contributed by atoms with van der Waals surface area (Å²) in [5, 5.41) is 12.1. The van der Waals surface area contributed by atoms with Gasteiger partial charge in [0.2, 0.25) is 0 Å². The van der Waals surface area contributed by atoms with E-state index in [0.29, 0.717) is 57.9 Å². The summed E-state index contributed by atoms with van der Waals surface area (Å²) in [6.07, 6.45) is 2.72. The topological polar surface area (TPSA) is 105 Å². The van der Waals surface area contributed by atoms with Crippen LogP contribution in [0.25, 0.3) is 0 Å². The van der Waals surface area contributed by atoms with E-state index in [1.807, 2.05) is 73.7 Å². The van der Waals surface area contributed by atoms with Crippen LogP contribution < -0.4 is 15.0 Å². The number of allylic oxidation sites excluding steroid dienone is 2. The zero-order valence-corrected chi connectivity index (χ0v) is 21.6. The highest BCUT2D eigenvalue weighted by Crippen LogP contribution is 2.42. The summed E-state index contributed by atoms with van der Waals surface area (Å²) in [6.45, 7) is 3.69. The van der Waals surface area contributed by atoms with E-state index in [1.165, 1.54) is 7.11 Å². The van der Waals surface area contributed by atoms with Gasteiger partial charge in [-0.05, 0) is 51.0 Å². The molecule has 0 fully saturated rings. The van der Waals surface area contributed by atoms with Crippen molar-refractivity contribution in [1.82, 2.24) is 0 Å². The van der Waals surface area contributed by atoms with Crippen LogP contribution in [0.4, 0.5) is 21.9 Å². The third-order valence-corrected chi connectivity index (χ3v) is 6.50. The van der Waals surface area contributed by atoms with Gasteiger partial charge in [0, 0.05) is 23.1 Å². The van der Waals surface area contributed by atoms with Crippen molar-refractivity contribution < 1.29 is 29.0 Å². The minimum absolute atomic E-state index is 0.0255. The highest BCUT2D eigenvalue weighted by molar-refractivity contribution is 6.09. The van der Waals surface area contributed by atoms with Crippen LogP contribution in [0.15, 0.2) is 72.3 Å². The molecule has 0 aliphatic carbocycles. The van der Waals surface area contributed by atoms with Crippen LogP contribution in [0.2, 0.25) is 0 Å². The molecular formula is C30H30N2O6. The quantitative estimate of drug-likeness (QED) is 0.253. The SMILES string of the molecule is COc1c(C)c2c(c(NC(=O)N(c3ccccc3)c3ccccc3)c1C/C=C(\C)CCC(=O)O)COC2=O. The van der Waals surface area contributed by atoms with Crippen LogP contribution in [-0.2, 0) is 22.6 Å². The molecule has 0 saturated heterocycles. The monoisotopic (exact) mass is 514 g/mol. The van der Waals surface area contributed by atoms with E-state index in [1.54, 1.807) is 11.8 Å². The average molecular weight is 515 g/mol. The van der Waals surface area contributed by atoms with Crippen molar-refractivity contribution in [2.24, 2.45) is 0 Å². The molecule has 0 bridgehead atoms. The van der Waals surface area contributed by atoms with Crippen LogP contribution >= 0.6 is 0 Å². The maximum absolute atomic E-state index is 13.9. The molecule has 0 spiro atoms. The summed E-state index contributed by atoms with van der Waals surface area (Å²) >= 11 is 0. The first-order valence-electron chi connectivity index (χ1n) is 12.3. The molecule has 0 aromatic heterocycles. The molecule has 1 heterocycles. The number of nitrogens with zero attached hydrogens (tertiary/aromatic N) is 1. The van der Waals surface area contributed by atoms with Gasteiger partial charge >= 0.3 is 18.0 Å². The van der Waals surface area contributed by atoms with Crippen molar-refractivity contribution in [2.75, 3.05) is 17.3 Å². The Labute approximate surface area is 221 Å². The predicted octanol–water partition coefficient (Wildman–Crippen LogP) is 6.40. The molecular weight excluding hydrogens is 484 g/mol. The van der Waals surface area contributed by atoms with Crippen LogP contribution in [0.5, 0.6) is 5.75 Å². The standard InChI is InChI=1S/C30H30N2O6/c1-19(15-17-25(33)34)14-16-23-27(24-18-38-29(35)26(24)20(2)28(23)37-3)31-30(36)32(21-10-6-4-7-11-21)22-12-8-5-9-13-22/h4-14H,15-18H2,1-3H3,(H,31,36)(H,33,34)/b19-14+. The Balaban J connectivity index is 1.80. The first kappa shape index (κ1) is 26.5. The molecule has 2 N–H and O–H groups in total. The minimum atomic E-state index is -0.866. The van der Waals surface area contributed by atoms with Gasteiger partial charge in [-0.2, -0.15) is 0 Å². The molecule has 8 heteroatoms. The lowest BCUT2D eigenvalue weighted by Gasteiger charge is -2.26. The van der Waals surface area contributed by atoms with Crippen molar-refractivity contribution >= 4 is 35.0 Å². The highest BCUT2D eigenvalue weighted by Gasteiger charge is 2.33. The Kier molecular flexibility index (Phi) is 8.11. The lowest BCUT2D eigenvalue weighted by molar-refractivity contribution is -0.136. The third kappa shape index (κ3) is 5.54. The summed E-state index contributed by atoms with van der Waals surface area (Å²) in [6, 6.07) is 18.1. The Hall–Kier alpha value is -4.59. The summed E-state index contributed by atoms with van der Waals surface area (Å²) in [5.41, 5.74) is 5.00. The van der Waals surface area contributed by atoms with E-state index in [0.717, 1.165) is 5.57 Å². The Morgan fingerprint density at radius 2 is 1.66 bits per heavy atom. The molecule has 3 aromatic carbocycles. The fourth-order valence-electron chi connectivity index (χ4n) is 4.62. The normalized spacial score (nSPS) is 12.5. The maximum Gasteiger partial charge on any atom is 0.339 e. The fraction of sp³-hybridized carbons (Fsp3) is 0.233. The molecule has 3 aromatic rings. The van der Waals surface area contributed by atoms with Crippen LogP contribution in [0, 0.1) is 6.92 Å². The summed E-state index contributed by atoms with van der Waals surface area (Å²) in [7, 11) is 1.52. The van der Waals surface area contributed by atoms with Gasteiger partial charge in [-0.1, -0.05) is 48.0 Å². The number of hydrogen-bond acceptors (Lipinski definition) is 5. The largest absolute Gasteiger partial charge is 0.496 e. The molecule has 2 amide bonds. The zero-order valence-electron chi connectivity index (χ0n) is 21.6. The number of urea groups is 1. The number of methoxy groups -OCH3 is 1. The molecule has 8 nitrogen and oxygen atoms in total. The second-order valence-electron chi connectivity index (χ2n) is 9.03. The van der Waals surface area contributed by atoms with E-state index in [-0.39, 0.29) is 13.0 Å². The van der Waals surface area contributed by atoms with Gasteiger partial charge in [0.15, 0.2) is 0 Å². The number of para-hydroxylation sites is 2. The number of carbonyl (C=O) groups excluding carboxylic acids is 2. The number of aliphatic carboxylic acids is 1. The number of fused-ring (bicyclic) bond motifs is 1. The number of rotatable bonds is 9. The number of carboxylic acids is 1. The predicted molar refractivity (Wildman–Crippen MR) is 145 cm³/mol. The number of carbonyl (C=O) groups is 3. The number of carboxylic acid groups (broad SMARTS) is 1. The smallest absolute Gasteiger partial charge is 0.339 e. The number of esters is 1. The molecule has 1 aliphatic rings. The van der Waals surface area contributed by atoms with Crippen LogP contribution in [-0.4, -0.2) is 30.2 Å². The van der Waals surface area contributed by atoms with Gasteiger partial charge in [0.1, 0.15) is 12.4 Å². The second kappa shape index (κ2) is 11.6. The van der Waals surface area contributed by atoms with Gasteiger partial charge in [0.25, 0.3) is 0 Å². The van der Waals surface area contributed by atoms with Crippen molar-refractivity contribution in [2.45, 2.75) is 39.7 Å². The summed E-state index contributed by atoms with van der Waals surface area (Å²) in [4.78, 5) is 39.1. The third-order valence-electron chi connectivity index (χ3n) is 6.50. The van der Waals surface area contributed by atoms with E-state index in [4.69, 9.17) is 14.6 Å².